The molecule has 1 amide bonds. The molecule has 1 aromatic heterocycles. The van der Waals surface area contributed by atoms with E-state index in [0.717, 1.165) is 6.07 Å². The van der Waals surface area contributed by atoms with E-state index >= 15 is 0 Å². The lowest BCUT2D eigenvalue weighted by Gasteiger charge is -2.36. The molecule has 0 N–H and O–H groups in total. The van der Waals surface area contributed by atoms with Gasteiger partial charge in [-0.15, -0.1) is 0 Å². The minimum atomic E-state index is -0.951. The Bertz CT molecular complexity index is 770. The second-order valence-electron chi connectivity index (χ2n) is 5.55. The van der Waals surface area contributed by atoms with Crippen LogP contribution in [-0.2, 0) is 16.9 Å². The van der Waals surface area contributed by atoms with Crippen molar-refractivity contribution in [3.05, 3.63) is 35.5 Å². The molecule has 2 aliphatic heterocycles. The second-order valence-corrected chi connectivity index (χ2v) is 5.55. The molecule has 1 unspecified atom stereocenters. The third kappa shape index (κ3) is 1.13. The summed E-state index contributed by atoms with van der Waals surface area (Å²) in [5.41, 5.74) is 0.170. The highest BCUT2D eigenvalue weighted by Gasteiger charge is 2.54. The number of carbonyl (C=O) groups excluding carboxylic acids is 1. The van der Waals surface area contributed by atoms with E-state index in [0.29, 0.717) is 17.6 Å². The normalized spacial score (nSPS) is 27.9. The monoisotopic (exact) mass is 278 g/mol. The third-order valence-electron chi connectivity index (χ3n) is 4.53. The first-order valence-electron chi connectivity index (χ1n) is 6.36. The Kier molecular flexibility index (Phi) is 1.94. The molecule has 1 aromatic carbocycles. The molecule has 104 valence electrons. The number of amides is 1. The number of halogens is 2. The van der Waals surface area contributed by atoms with Crippen molar-refractivity contribution in [2.45, 2.75) is 25.1 Å². The van der Waals surface area contributed by atoms with E-state index in [1.54, 1.807) is 26.2 Å². The number of hydrogen-bond donors (Lipinski definition) is 0. The van der Waals surface area contributed by atoms with Crippen molar-refractivity contribution < 1.29 is 18.3 Å². The Morgan fingerprint density at radius 2 is 2.20 bits per heavy atom. The van der Waals surface area contributed by atoms with Crippen molar-refractivity contribution in [1.82, 2.24) is 9.47 Å². The zero-order valence-corrected chi connectivity index (χ0v) is 11.0. The van der Waals surface area contributed by atoms with E-state index in [1.807, 2.05) is 4.57 Å². The van der Waals surface area contributed by atoms with Gasteiger partial charge in [-0.05, 0) is 19.1 Å². The van der Waals surface area contributed by atoms with Crippen LogP contribution in [0.3, 0.4) is 0 Å². The van der Waals surface area contributed by atoms with E-state index < -0.39 is 23.3 Å². The van der Waals surface area contributed by atoms with E-state index in [-0.39, 0.29) is 11.4 Å². The topological polar surface area (TPSA) is 34.5 Å². The van der Waals surface area contributed by atoms with Crippen LogP contribution in [0.15, 0.2) is 18.3 Å². The van der Waals surface area contributed by atoms with Gasteiger partial charge in [0.15, 0.2) is 17.2 Å². The van der Waals surface area contributed by atoms with Gasteiger partial charge in [-0.25, -0.2) is 13.6 Å². The molecule has 0 bridgehead atoms. The average Bonchev–Trinajstić information content (AvgIpc) is 2.91. The standard InChI is InChI=1S/C14H12F2N2O2/c1-14-8-5-9(15)11(16)7-3-4-18(12(7)8)6-10(14)17(2)13(19)20-14/h3-5,10H,6H2,1-2H3/t10-,14?/m1/s1. The Morgan fingerprint density at radius 1 is 1.45 bits per heavy atom. The molecule has 3 heterocycles. The zero-order valence-electron chi connectivity index (χ0n) is 11.0. The number of fused-ring (bicyclic) bond motifs is 2. The van der Waals surface area contributed by atoms with Crippen molar-refractivity contribution in [3.8, 4) is 0 Å². The average molecular weight is 278 g/mol. The van der Waals surface area contributed by atoms with Gasteiger partial charge in [-0.3, -0.25) is 0 Å². The largest absolute Gasteiger partial charge is 0.436 e. The van der Waals surface area contributed by atoms with E-state index in [9.17, 15) is 13.6 Å². The van der Waals surface area contributed by atoms with Gasteiger partial charge in [0.1, 0.15) is 0 Å². The molecule has 1 saturated heterocycles. The number of rotatable bonds is 0. The van der Waals surface area contributed by atoms with E-state index in [1.165, 1.54) is 4.90 Å². The number of carbonyl (C=O) groups is 1. The molecular weight excluding hydrogens is 266 g/mol. The zero-order chi connectivity index (χ0) is 14.2. The molecule has 20 heavy (non-hydrogen) atoms. The predicted octanol–water partition coefficient (Wildman–Crippen LogP) is 2.60. The van der Waals surface area contributed by atoms with Gasteiger partial charge in [0.25, 0.3) is 0 Å². The maximum Gasteiger partial charge on any atom is 0.410 e. The molecule has 0 aliphatic carbocycles. The number of benzene rings is 1. The SMILES string of the molecule is CN1C(=O)OC2(C)c3cc(F)c(F)c4ccn(c34)C[C@@H]12. The number of likely N-dealkylation sites (N-methyl/N-ethyl adjacent to an activating group) is 1. The molecule has 2 atom stereocenters. The summed E-state index contributed by atoms with van der Waals surface area (Å²) in [6.45, 7) is 2.25. The van der Waals surface area contributed by atoms with Gasteiger partial charge >= 0.3 is 6.09 Å². The molecule has 4 rings (SSSR count). The Labute approximate surface area is 113 Å². The molecule has 0 spiro atoms. The van der Waals surface area contributed by atoms with Crippen LogP contribution in [-0.4, -0.2) is 28.6 Å². The van der Waals surface area contributed by atoms with Gasteiger partial charge in [0.2, 0.25) is 0 Å². The van der Waals surface area contributed by atoms with Gasteiger partial charge in [-0.1, -0.05) is 0 Å². The predicted molar refractivity (Wildman–Crippen MR) is 67.2 cm³/mol. The van der Waals surface area contributed by atoms with Crippen LogP contribution in [0, 0.1) is 11.6 Å². The highest BCUT2D eigenvalue weighted by Crippen LogP contribution is 2.46. The van der Waals surface area contributed by atoms with Crippen LogP contribution in [0.1, 0.15) is 12.5 Å². The number of aromatic nitrogens is 1. The van der Waals surface area contributed by atoms with Gasteiger partial charge in [0.05, 0.1) is 11.6 Å². The van der Waals surface area contributed by atoms with Crippen LogP contribution in [0.25, 0.3) is 10.9 Å². The minimum absolute atomic E-state index is 0.227. The van der Waals surface area contributed by atoms with Gasteiger partial charge < -0.3 is 14.2 Å². The summed E-state index contributed by atoms with van der Waals surface area (Å²) in [5, 5.41) is 0.227. The third-order valence-corrected chi connectivity index (χ3v) is 4.53. The van der Waals surface area contributed by atoms with E-state index in [4.69, 9.17) is 4.74 Å². The summed E-state index contributed by atoms with van der Waals surface area (Å²) in [4.78, 5) is 13.3. The Hall–Kier alpha value is -2.11. The van der Waals surface area contributed by atoms with Crippen molar-refractivity contribution in [2.24, 2.45) is 0 Å². The summed E-state index contributed by atoms with van der Waals surface area (Å²) < 4.78 is 35.0. The lowest BCUT2D eigenvalue weighted by Crippen LogP contribution is -2.45. The molecule has 1 fully saturated rings. The lowest BCUT2D eigenvalue weighted by molar-refractivity contribution is 0.0406. The van der Waals surface area contributed by atoms with Crippen molar-refractivity contribution >= 4 is 17.0 Å². The summed E-state index contributed by atoms with van der Waals surface area (Å²) in [5.74, 6) is -1.78. The molecule has 0 radical (unpaired) electrons. The smallest absolute Gasteiger partial charge is 0.410 e. The van der Waals surface area contributed by atoms with Crippen LogP contribution >= 0.6 is 0 Å². The quantitative estimate of drug-likeness (QED) is 0.742. The van der Waals surface area contributed by atoms with Crippen molar-refractivity contribution in [2.75, 3.05) is 7.05 Å². The first-order valence-corrected chi connectivity index (χ1v) is 6.36. The summed E-state index contributed by atoms with van der Waals surface area (Å²) >= 11 is 0. The fourth-order valence-electron chi connectivity index (χ4n) is 3.40. The second kappa shape index (κ2) is 3.31. The van der Waals surface area contributed by atoms with Gasteiger partial charge in [0, 0.05) is 30.7 Å². The summed E-state index contributed by atoms with van der Waals surface area (Å²) in [7, 11) is 1.66. The fraction of sp³-hybridized carbons (Fsp3) is 0.357. The summed E-state index contributed by atoms with van der Waals surface area (Å²) in [6.07, 6.45) is 1.27. The lowest BCUT2D eigenvalue weighted by atomic mass is 9.84. The molecule has 0 saturated carbocycles. The Balaban J connectivity index is 2.09. The first-order chi connectivity index (χ1) is 9.43. The summed E-state index contributed by atoms with van der Waals surface area (Å²) in [6, 6.07) is 2.47. The maximum absolute atomic E-state index is 13.9. The molecule has 2 aliphatic rings. The number of nitrogens with zero attached hydrogens (tertiary/aromatic N) is 2. The van der Waals surface area contributed by atoms with Gasteiger partial charge in [-0.2, -0.15) is 0 Å². The molecule has 2 aromatic rings. The van der Waals surface area contributed by atoms with Crippen LogP contribution < -0.4 is 0 Å². The first kappa shape index (κ1) is 11.7. The minimum Gasteiger partial charge on any atom is -0.436 e. The highest BCUT2D eigenvalue weighted by atomic mass is 19.2. The van der Waals surface area contributed by atoms with E-state index in [2.05, 4.69) is 0 Å². The van der Waals surface area contributed by atoms with Crippen LogP contribution in [0.5, 0.6) is 0 Å². The molecule has 4 nitrogen and oxygen atoms in total. The fourth-order valence-corrected chi connectivity index (χ4v) is 3.40. The molecular formula is C14H12F2N2O2. The van der Waals surface area contributed by atoms with Crippen molar-refractivity contribution in [1.29, 1.82) is 0 Å². The highest BCUT2D eigenvalue weighted by molar-refractivity contribution is 5.87. The number of ether oxygens (including phenoxy) is 1. The van der Waals surface area contributed by atoms with Crippen LogP contribution in [0.4, 0.5) is 13.6 Å². The number of hydrogen-bond acceptors (Lipinski definition) is 2. The maximum atomic E-state index is 13.9. The molecule has 6 heteroatoms. The van der Waals surface area contributed by atoms with Crippen molar-refractivity contribution in [3.63, 3.8) is 0 Å². The van der Waals surface area contributed by atoms with Crippen LogP contribution in [0.2, 0.25) is 0 Å². The Morgan fingerprint density at radius 3 is 2.95 bits per heavy atom.